The fourth-order valence-corrected chi connectivity index (χ4v) is 3.73. The summed E-state index contributed by atoms with van der Waals surface area (Å²) in [5, 5.41) is 9.59. The molecule has 1 N–H and O–H groups in total. The number of hydrogen-bond donors (Lipinski definition) is 1. The maximum Gasteiger partial charge on any atom is 0.266 e. The fraction of sp³-hybridized carbons (Fsp3) is 0.190. The lowest BCUT2D eigenvalue weighted by Crippen LogP contribution is -2.33. The Balaban J connectivity index is 1.33. The van der Waals surface area contributed by atoms with Gasteiger partial charge in [0.1, 0.15) is 5.69 Å². The third kappa shape index (κ3) is 4.36. The number of nitrogens with one attached hydrogen (secondary N) is 1. The van der Waals surface area contributed by atoms with Crippen LogP contribution in [0.15, 0.2) is 69.8 Å². The van der Waals surface area contributed by atoms with Crippen LogP contribution in [0.4, 0.5) is 0 Å². The minimum Gasteiger partial charge on any atom is -0.354 e. The maximum absolute atomic E-state index is 12.5. The van der Waals surface area contributed by atoms with Crippen molar-refractivity contribution in [3.8, 4) is 10.6 Å². The Kier molecular flexibility index (Phi) is 5.80. The third-order valence-electron chi connectivity index (χ3n) is 4.60. The molecule has 0 aliphatic rings. The number of rotatable bonds is 7. The van der Waals surface area contributed by atoms with E-state index in [4.69, 9.17) is 0 Å². The highest BCUT2D eigenvalue weighted by molar-refractivity contribution is 7.13. The van der Waals surface area contributed by atoms with Crippen LogP contribution in [-0.4, -0.2) is 31.8 Å². The van der Waals surface area contributed by atoms with Crippen LogP contribution in [0.3, 0.4) is 0 Å². The molecule has 1 aromatic carbocycles. The van der Waals surface area contributed by atoms with Crippen LogP contribution in [0, 0.1) is 0 Å². The zero-order valence-corrected chi connectivity index (χ0v) is 16.8. The molecule has 4 aromatic rings. The molecule has 1 amide bonds. The first kappa shape index (κ1) is 19.7. The van der Waals surface area contributed by atoms with Gasteiger partial charge in [-0.05, 0) is 29.6 Å². The van der Waals surface area contributed by atoms with E-state index in [0.29, 0.717) is 10.9 Å². The summed E-state index contributed by atoms with van der Waals surface area (Å²) in [5.41, 5.74) is 0.956. The van der Waals surface area contributed by atoms with Gasteiger partial charge in [-0.15, -0.1) is 11.3 Å². The molecule has 8 nitrogen and oxygen atoms in total. The number of carbonyl (C=O) groups is 1. The Morgan fingerprint density at radius 3 is 2.73 bits per heavy atom. The van der Waals surface area contributed by atoms with Crippen molar-refractivity contribution in [2.24, 2.45) is 0 Å². The number of carbonyl (C=O) groups excluding carboxylic acids is 1. The van der Waals surface area contributed by atoms with Crippen LogP contribution in [0.5, 0.6) is 0 Å². The molecule has 30 heavy (non-hydrogen) atoms. The van der Waals surface area contributed by atoms with Crippen molar-refractivity contribution in [2.75, 3.05) is 6.54 Å². The lowest BCUT2D eigenvalue weighted by Gasteiger charge is -2.09. The summed E-state index contributed by atoms with van der Waals surface area (Å²) in [6.07, 6.45) is 1.59. The molecule has 0 bridgehead atoms. The Bertz CT molecular complexity index is 1290. The van der Waals surface area contributed by atoms with Crippen molar-refractivity contribution in [1.82, 2.24) is 24.6 Å². The zero-order chi connectivity index (χ0) is 20.9. The Labute approximate surface area is 175 Å². The standard InChI is InChI=1S/C21H19N5O3S/c27-19(9-11-25-14-23-16-5-2-1-4-15(16)21(25)29)22-10-12-26-20(28)8-7-17(24-26)18-6-3-13-30-18/h1-8,13-14H,9-12H2,(H,22,27). The summed E-state index contributed by atoms with van der Waals surface area (Å²) in [6, 6.07) is 14.1. The second kappa shape index (κ2) is 8.83. The Hall–Kier alpha value is -3.59. The van der Waals surface area contributed by atoms with Crippen LogP contribution < -0.4 is 16.4 Å². The van der Waals surface area contributed by atoms with E-state index in [1.807, 2.05) is 23.6 Å². The quantitative estimate of drug-likeness (QED) is 0.491. The number of amides is 1. The molecule has 3 aromatic heterocycles. The van der Waals surface area contributed by atoms with Crippen LogP contribution in [-0.2, 0) is 17.9 Å². The highest BCUT2D eigenvalue weighted by atomic mass is 32.1. The number of para-hydroxylation sites is 1. The van der Waals surface area contributed by atoms with Crippen molar-refractivity contribution < 1.29 is 4.79 Å². The summed E-state index contributed by atoms with van der Waals surface area (Å²) < 4.78 is 2.77. The molecule has 0 saturated carbocycles. The molecule has 0 spiro atoms. The third-order valence-corrected chi connectivity index (χ3v) is 5.49. The van der Waals surface area contributed by atoms with E-state index in [9.17, 15) is 14.4 Å². The Morgan fingerprint density at radius 2 is 1.90 bits per heavy atom. The average Bonchev–Trinajstić information content (AvgIpc) is 3.30. The molecular formula is C21H19N5O3S. The first-order valence-electron chi connectivity index (χ1n) is 9.45. The van der Waals surface area contributed by atoms with Crippen LogP contribution in [0.1, 0.15) is 6.42 Å². The Morgan fingerprint density at radius 1 is 1.03 bits per heavy atom. The number of hydrogen-bond acceptors (Lipinski definition) is 6. The van der Waals surface area contributed by atoms with Gasteiger partial charge in [-0.25, -0.2) is 9.67 Å². The van der Waals surface area contributed by atoms with Gasteiger partial charge in [0.05, 0.1) is 28.7 Å². The molecule has 3 heterocycles. The highest BCUT2D eigenvalue weighted by Crippen LogP contribution is 2.20. The van der Waals surface area contributed by atoms with Crippen LogP contribution in [0.2, 0.25) is 0 Å². The van der Waals surface area contributed by atoms with E-state index in [0.717, 1.165) is 10.6 Å². The van der Waals surface area contributed by atoms with Crippen molar-refractivity contribution in [3.05, 3.63) is 80.9 Å². The molecule has 0 aliphatic carbocycles. The van der Waals surface area contributed by atoms with Gasteiger partial charge in [-0.2, -0.15) is 5.10 Å². The van der Waals surface area contributed by atoms with E-state index in [1.54, 1.807) is 35.6 Å². The van der Waals surface area contributed by atoms with E-state index < -0.39 is 0 Å². The summed E-state index contributed by atoms with van der Waals surface area (Å²) in [5.74, 6) is -0.211. The maximum atomic E-state index is 12.5. The monoisotopic (exact) mass is 421 g/mol. The number of aryl methyl sites for hydroxylation is 1. The predicted molar refractivity (Wildman–Crippen MR) is 115 cm³/mol. The number of benzene rings is 1. The second-order valence-corrected chi connectivity index (χ2v) is 7.57. The minimum atomic E-state index is -0.224. The first-order chi connectivity index (χ1) is 14.6. The smallest absolute Gasteiger partial charge is 0.266 e. The molecule has 0 atom stereocenters. The number of thiophene rings is 1. The SMILES string of the molecule is O=C(CCn1cnc2ccccc2c1=O)NCCn1nc(-c2cccs2)ccc1=O. The lowest BCUT2D eigenvalue weighted by molar-refractivity contribution is -0.121. The summed E-state index contributed by atoms with van der Waals surface area (Å²) in [7, 11) is 0. The van der Waals surface area contributed by atoms with Gasteiger partial charge in [0, 0.05) is 25.6 Å². The largest absolute Gasteiger partial charge is 0.354 e. The summed E-state index contributed by atoms with van der Waals surface area (Å²) in [6.45, 7) is 0.764. The molecule has 4 rings (SSSR count). The second-order valence-electron chi connectivity index (χ2n) is 6.62. The number of fused-ring (bicyclic) bond motifs is 1. The van der Waals surface area contributed by atoms with Crippen molar-refractivity contribution in [1.29, 1.82) is 0 Å². The molecule has 0 aliphatic heterocycles. The molecule has 0 radical (unpaired) electrons. The van der Waals surface area contributed by atoms with Gasteiger partial charge in [0.25, 0.3) is 11.1 Å². The van der Waals surface area contributed by atoms with E-state index >= 15 is 0 Å². The van der Waals surface area contributed by atoms with Gasteiger partial charge >= 0.3 is 0 Å². The first-order valence-corrected chi connectivity index (χ1v) is 10.3. The lowest BCUT2D eigenvalue weighted by atomic mass is 10.2. The van der Waals surface area contributed by atoms with Gasteiger partial charge in [0.2, 0.25) is 5.91 Å². The predicted octanol–water partition coefficient (Wildman–Crippen LogP) is 1.89. The van der Waals surface area contributed by atoms with E-state index in [2.05, 4.69) is 15.4 Å². The van der Waals surface area contributed by atoms with Crippen molar-refractivity contribution >= 4 is 28.1 Å². The summed E-state index contributed by atoms with van der Waals surface area (Å²) >= 11 is 1.54. The van der Waals surface area contributed by atoms with Gasteiger partial charge in [-0.3, -0.25) is 19.0 Å². The fourth-order valence-electron chi connectivity index (χ4n) is 3.04. The van der Waals surface area contributed by atoms with Crippen molar-refractivity contribution in [3.63, 3.8) is 0 Å². The molecule has 0 saturated heterocycles. The van der Waals surface area contributed by atoms with Crippen molar-refractivity contribution in [2.45, 2.75) is 19.5 Å². The van der Waals surface area contributed by atoms with E-state index in [1.165, 1.54) is 21.6 Å². The highest BCUT2D eigenvalue weighted by Gasteiger charge is 2.08. The molecule has 0 fully saturated rings. The van der Waals surface area contributed by atoms with Gasteiger partial charge in [-0.1, -0.05) is 18.2 Å². The normalized spacial score (nSPS) is 10.9. The number of aromatic nitrogens is 4. The van der Waals surface area contributed by atoms with Gasteiger partial charge < -0.3 is 5.32 Å². The minimum absolute atomic E-state index is 0.136. The van der Waals surface area contributed by atoms with Crippen LogP contribution in [0.25, 0.3) is 21.5 Å². The van der Waals surface area contributed by atoms with Gasteiger partial charge in [0.15, 0.2) is 0 Å². The van der Waals surface area contributed by atoms with E-state index in [-0.39, 0.29) is 43.1 Å². The summed E-state index contributed by atoms with van der Waals surface area (Å²) in [4.78, 5) is 41.9. The zero-order valence-electron chi connectivity index (χ0n) is 16.0. The molecule has 0 unspecified atom stereocenters. The molecule has 152 valence electrons. The topological polar surface area (TPSA) is 98.9 Å². The number of nitrogens with zero attached hydrogens (tertiary/aromatic N) is 4. The molecular weight excluding hydrogens is 402 g/mol. The molecule has 9 heteroatoms. The average molecular weight is 421 g/mol. The van der Waals surface area contributed by atoms with Crippen LogP contribution >= 0.6 is 11.3 Å².